The molecule has 0 spiro atoms. The first kappa shape index (κ1) is 18.7. The van der Waals surface area contributed by atoms with Crippen LogP contribution in [0.1, 0.15) is 52.7 Å². The molecule has 146 valence electrons. The fourth-order valence-corrected chi connectivity index (χ4v) is 4.09. The highest BCUT2D eigenvalue weighted by molar-refractivity contribution is 6.06. The molecular weight excluding hydrogens is 344 g/mol. The summed E-state index contributed by atoms with van der Waals surface area (Å²) in [5, 5.41) is 17.1. The molecular formula is C25H30N2O. The maximum Gasteiger partial charge on any atom is 0.123 e. The van der Waals surface area contributed by atoms with Crippen molar-refractivity contribution in [3.8, 4) is 5.75 Å². The summed E-state index contributed by atoms with van der Waals surface area (Å²) in [6, 6.07) is 17.2. The van der Waals surface area contributed by atoms with Crippen molar-refractivity contribution in [2.45, 2.75) is 52.4 Å². The van der Waals surface area contributed by atoms with E-state index in [0.717, 1.165) is 16.8 Å². The quantitative estimate of drug-likeness (QED) is 0.500. The monoisotopic (exact) mass is 374 g/mol. The van der Waals surface area contributed by atoms with Gasteiger partial charge in [-0.1, -0.05) is 65.8 Å². The van der Waals surface area contributed by atoms with Gasteiger partial charge in [0.1, 0.15) is 5.75 Å². The molecule has 3 aromatic carbocycles. The van der Waals surface area contributed by atoms with Gasteiger partial charge in [-0.25, -0.2) is 0 Å². The minimum Gasteiger partial charge on any atom is -0.507 e. The second-order valence-corrected chi connectivity index (χ2v) is 9.83. The molecule has 0 aromatic heterocycles. The number of rotatable bonds is 1. The number of nitrogens with zero attached hydrogens (tertiary/aromatic N) is 1. The summed E-state index contributed by atoms with van der Waals surface area (Å²) >= 11 is 0. The average Bonchev–Trinajstić information content (AvgIpc) is 2.61. The number of nitrogens with one attached hydrogen (secondary N) is 1. The van der Waals surface area contributed by atoms with E-state index in [1.807, 2.05) is 0 Å². The maximum atomic E-state index is 11.1. The topological polar surface area (TPSA) is 35.5 Å². The van der Waals surface area contributed by atoms with Gasteiger partial charge in [0.05, 0.1) is 12.4 Å². The summed E-state index contributed by atoms with van der Waals surface area (Å²) in [7, 11) is 0. The Kier molecular flexibility index (Phi) is 4.11. The molecule has 1 aliphatic heterocycles. The first-order valence-corrected chi connectivity index (χ1v) is 9.98. The van der Waals surface area contributed by atoms with Gasteiger partial charge in [-0.05, 0) is 40.5 Å². The van der Waals surface area contributed by atoms with E-state index < -0.39 is 0 Å². The number of phenols is 1. The second kappa shape index (κ2) is 6.16. The van der Waals surface area contributed by atoms with E-state index in [4.69, 9.17) is 0 Å². The molecule has 3 nitrogen and oxygen atoms in total. The van der Waals surface area contributed by atoms with Crippen LogP contribution in [0.5, 0.6) is 5.75 Å². The highest BCUT2D eigenvalue weighted by atomic mass is 16.3. The van der Waals surface area contributed by atoms with Crippen molar-refractivity contribution < 1.29 is 5.11 Å². The van der Waals surface area contributed by atoms with Crippen LogP contribution >= 0.6 is 0 Å². The average molecular weight is 375 g/mol. The molecule has 0 bridgehead atoms. The van der Waals surface area contributed by atoms with E-state index in [1.165, 1.54) is 22.1 Å². The van der Waals surface area contributed by atoms with Crippen molar-refractivity contribution in [1.29, 1.82) is 0 Å². The van der Waals surface area contributed by atoms with E-state index >= 15 is 0 Å². The third kappa shape index (κ3) is 2.99. The van der Waals surface area contributed by atoms with Gasteiger partial charge in [0.25, 0.3) is 0 Å². The Labute approximate surface area is 168 Å². The lowest BCUT2D eigenvalue weighted by Crippen LogP contribution is -2.29. The van der Waals surface area contributed by atoms with E-state index in [2.05, 4.69) is 100 Å². The highest BCUT2D eigenvalue weighted by Gasteiger charge is 2.29. The fourth-order valence-electron chi connectivity index (χ4n) is 4.09. The zero-order valence-electron chi connectivity index (χ0n) is 17.7. The minimum atomic E-state index is -0.146. The molecule has 3 aromatic rings. The van der Waals surface area contributed by atoms with Crippen LogP contribution in [0.4, 0.5) is 17.1 Å². The SMILES string of the molecule is CC(C)(C)c1cc(N2CNc3cccc4cccc2c34)cc(C(C)(C)C)c1O. The van der Waals surface area contributed by atoms with E-state index in [9.17, 15) is 5.11 Å². The summed E-state index contributed by atoms with van der Waals surface area (Å²) in [5.74, 6) is 0.423. The van der Waals surface area contributed by atoms with Crippen molar-refractivity contribution >= 4 is 27.8 Å². The molecule has 1 aliphatic rings. The Morgan fingerprint density at radius 1 is 0.857 bits per heavy atom. The van der Waals surface area contributed by atoms with Crippen LogP contribution in [0.2, 0.25) is 0 Å². The molecule has 0 unspecified atom stereocenters. The van der Waals surface area contributed by atoms with Gasteiger partial charge in [-0.3, -0.25) is 0 Å². The summed E-state index contributed by atoms with van der Waals surface area (Å²) < 4.78 is 0. The minimum absolute atomic E-state index is 0.146. The highest BCUT2D eigenvalue weighted by Crippen LogP contribution is 2.45. The van der Waals surface area contributed by atoms with Gasteiger partial charge in [0.2, 0.25) is 0 Å². The smallest absolute Gasteiger partial charge is 0.123 e. The van der Waals surface area contributed by atoms with Gasteiger partial charge in [0.15, 0.2) is 0 Å². The van der Waals surface area contributed by atoms with Crippen LogP contribution in [-0.4, -0.2) is 11.8 Å². The first-order chi connectivity index (χ1) is 13.1. The Bertz CT molecular complexity index is 1010. The lowest BCUT2D eigenvalue weighted by molar-refractivity contribution is 0.423. The number of hydrogen-bond acceptors (Lipinski definition) is 3. The molecule has 0 saturated heterocycles. The van der Waals surface area contributed by atoms with Gasteiger partial charge in [-0.15, -0.1) is 0 Å². The van der Waals surface area contributed by atoms with Gasteiger partial charge in [0, 0.05) is 27.9 Å². The summed E-state index contributed by atoms with van der Waals surface area (Å²) in [6.45, 7) is 13.6. The molecule has 28 heavy (non-hydrogen) atoms. The molecule has 0 fully saturated rings. The van der Waals surface area contributed by atoms with Crippen LogP contribution in [0.3, 0.4) is 0 Å². The first-order valence-electron chi connectivity index (χ1n) is 9.98. The van der Waals surface area contributed by atoms with Crippen LogP contribution < -0.4 is 10.2 Å². The number of phenolic OH excluding ortho intramolecular Hbond substituents is 1. The lowest BCUT2D eigenvalue weighted by Gasteiger charge is -2.35. The number of anilines is 3. The zero-order valence-corrected chi connectivity index (χ0v) is 17.7. The van der Waals surface area contributed by atoms with E-state index in [-0.39, 0.29) is 10.8 Å². The summed E-state index contributed by atoms with van der Waals surface area (Å²) in [6.07, 6.45) is 0. The molecule has 4 rings (SSSR count). The molecule has 2 N–H and O–H groups in total. The second-order valence-electron chi connectivity index (χ2n) is 9.83. The normalized spacial score (nSPS) is 14.3. The third-order valence-corrected chi connectivity index (χ3v) is 5.62. The Balaban J connectivity index is 1.97. The third-order valence-electron chi connectivity index (χ3n) is 5.62. The van der Waals surface area contributed by atoms with Crippen LogP contribution in [0, 0.1) is 0 Å². The lowest BCUT2D eigenvalue weighted by atomic mass is 9.79. The number of benzene rings is 3. The van der Waals surface area contributed by atoms with Gasteiger partial charge >= 0.3 is 0 Å². The largest absolute Gasteiger partial charge is 0.507 e. The number of aromatic hydroxyl groups is 1. The zero-order chi connectivity index (χ0) is 20.3. The van der Waals surface area contributed by atoms with E-state index in [1.54, 1.807) is 0 Å². The number of hydrogen-bond donors (Lipinski definition) is 2. The molecule has 0 atom stereocenters. The molecule has 0 saturated carbocycles. The van der Waals surface area contributed by atoms with Crippen molar-refractivity contribution in [1.82, 2.24) is 0 Å². The van der Waals surface area contributed by atoms with E-state index in [0.29, 0.717) is 12.4 Å². The predicted octanol–water partition coefficient (Wildman–Crippen LogP) is 6.66. The standard InChI is InChI=1S/C25H30N2O/c1-24(2,3)18-13-17(14-19(23(18)28)25(4,5)6)27-15-26-20-11-7-9-16-10-8-12-21(27)22(16)20/h7-14,26,28H,15H2,1-6H3. The van der Waals surface area contributed by atoms with Crippen LogP contribution in [0.15, 0.2) is 48.5 Å². The summed E-state index contributed by atoms with van der Waals surface area (Å²) in [4.78, 5) is 2.32. The van der Waals surface area contributed by atoms with Gasteiger partial charge in [-0.2, -0.15) is 0 Å². The van der Waals surface area contributed by atoms with Gasteiger partial charge < -0.3 is 15.3 Å². The molecule has 3 heteroatoms. The van der Waals surface area contributed by atoms with Crippen molar-refractivity contribution in [2.24, 2.45) is 0 Å². The fraction of sp³-hybridized carbons (Fsp3) is 0.360. The Morgan fingerprint density at radius 2 is 1.43 bits per heavy atom. The van der Waals surface area contributed by atoms with Crippen molar-refractivity contribution in [3.05, 3.63) is 59.7 Å². The molecule has 0 aliphatic carbocycles. The summed E-state index contributed by atoms with van der Waals surface area (Å²) in [5.41, 5.74) is 5.18. The molecule has 1 heterocycles. The van der Waals surface area contributed by atoms with Crippen molar-refractivity contribution in [3.63, 3.8) is 0 Å². The molecule has 0 amide bonds. The predicted molar refractivity (Wildman–Crippen MR) is 120 cm³/mol. The Hall–Kier alpha value is -2.68. The maximum absolute atomic E-state index is 11.1. The van der Waals surface area contributed by atoms with Crippen LogP contribution in [0.25, 0.3) is 10.8 Å². The van der Waals surface area contributed by atoms with Crippen LogP contribution in [-0.2, 0) is 10.8 Å². The Morgan fingerprint density at radius 3 is 2.00 bits per heavy atom. The molecule has 0 radical (unpaired) electrons. The van der Waals surface area contributed by atoms with Crippen molar-refractivity contribution in [2.75, 3.05) is 16.9 Å².